The predicted molar refractivity (Wildman–Crippen MR) is 109 cm³/mol. The molecule has 1 fully saturated rings. The minimum absolute atomic E-state index is 0.0983. The van der Waals surface area contributed by atoms with Crippen molar-refractivity contribution in [3.05, 3.63) is 40.0 Å². The topological polar surface area (TPSA) is 91.5 Å². The van der Waals surface area contributed by atoms with Gasteiger partial charge in [0.25, 0.3) is 17.4 Å². The van der Waals surface area contributed by atoms with Crippen molar-refractivity contribution in [3.63, 3.8) is 0 Å². The molecule has 2 heterocycles. The van der Waals surface area contributed by atoms with Crippen LogP contribution < -0.4 is 11.3 Å². The fraction of sp³-hybridized carbons (Fsp3) is 0.500. The number of aryl methyl sites for hydroxylation is 1. The molecule has 0 bridgehead atoms. The fourth-order valence-corrected chi connectivity index (χ4v) is 5.01. The molecule has 0 spiro atoms. The van der Waals surface area contributed by atoms with Crippen LogP contribution in [-0.4, -0.2) is 51.8 Å². The molecule has 1 aromatic carbocycles. The number of alkyl halides is 8. The van der Waals surface area contributed by atoms with Crippen LogP contribution in [0.1, 0.15) is 40.0 Å². The summed E-state index contributed by atoms with van der Waals surface area (Å²) in [6, 6.07) is 1.39. The van der Waals surface area contributed by atoms with Gasteiger partial charge >= 0.3 is 12.4 Å². The van der Waals surface area contributed by atoms with Crippen LogP contribution >= 0.6 is 11.3 Å². The third-order valence-electron chi connectivity index (χ3n) is 5.74. The van der Waals surface area contributed by atoms with Crippen molar-refractivity contribution in [1.29, 1.82) is 0 Å². The molecule has 1 amide bonds. The van der Waals surface area contributed by atoms with E-state index in [1.807, 2.05) is 5.43 Å². The summed E-state index contributed by atoms with van der Waals surface area (Å²) in [6.07, 6.45) is -12.5. The number of rotatable bonds is 5. The molecule has 2 aromatic rings. The SMILES string of the molecule is Cc1cc(C(O)(C(F)(F)F)C(F)(F)F)ccc1-c1sc(C(=O)NN)nc1CN1CC(F)(F)C[C@@H]1C. The Labute approximate surface area is 197 Å². The third-order valence-corrected chi connectivity index (χ3v) is 6.87. The Hall–Kier alpha value is -2.36. The van der Waals surface area contributed by atoms with Gasteiger partial charge in [0.2, 0.25) is 0 Å². The van der Waals surface area contributed by atoms with Crippen molar-refractivity contribution in [3.8, 4) is 10.4 Å². The molecule has 0 unspecified atom stereocenters. The molecule has 0 radical (unpaired) electrons. The highest BCUT2D eigenvalue weighted by Crippen LogP contribution is 2.50. The van der Waals surface area contributed by atoms with E-state index in [9.17, 15) is 45.0 Å². The van der Waals surface area contributed by atoms with Crippen LogP contribution in [0.3, 0.4) is 0 Å². The summed E-state index contributed by atoms with van der Waals surface area (Å²) < 4.78 is 107. The second kappa shape index (κ2) is 8.94. The minimum Gasteiger partial charge on any atom is -0.369 e. The first kappa shape index (κ1) is 27.2. The molecule has 194 valence electrons. The lowest BCUT2D eigenvalue weighted by Crippen LogP contribution is -2.53. The van der Waals surface area contributed by atoms with Gasteiger partial charge in [-0.1, -0.05) is 18.2 Å². The number of hydrazine groups is 1. The highest BCUT2D eigenvalue weighted by atomic mass is 32.1. The molecule has 1 aromatic heterocycles. The molecule has 4 N–H and O–H groups in total. The second-order valence-corrected chi connectivity index (χ2v) is 9.32. The number of benzene rings is 1. The van der Waals surface area contributed by atoms with E-state index in [0.717, 1.165) is 17.4 Å². The average molecular weight is 532 g/mol. The number of halogens is 8. The summed E-state index contributed by atoms with van der Waals surface area (Å²) in [6.45, 7) is 2.03. The second-order valence-electron chi connectivity index (χ2n) is 8.32. The van der Waals surface area contributed by atoms with Gasteiger partial charge in [-0.3, -0.25) is 15.1 Å². The molecule has 1 aliphatic heterocycles. The summed E-state index contributed by atoms with van der Waals surface area (Å²) >= 11 is 0.744. The molecule has 6 nitrogen and oxygen atoms in total. The minimum atomic E-state index is -6.06. The molecular weight excluding hydrogens is 512 g/mol. The Kier molecular flexibility index (Phi) is 6.96. The molecule has 15 heteroatoms. The molecule has 35 heavy (non-hydrogen) atoms. The van der Waals surface area contributed by atoms with Crippen molar-refractivity contribution in [1.82, 2.24) is 15.3 Å². The van der Waals surface area contributed by atoms with Crippen molar-refractivity contribution in [2.24, 2.45) is 5.84 Å². The molecule has 1 saturated heterocycles. The van der Waals surface area contributed by atoms with E-state index < -0.39 is 54.4 Å². The number of nitrogen functional groups attached to an aromatic ring is 1. The zero-order valence-corrected chi connectivity index (χ0v) is 19.0. The van der Waals surface area contributed by atoms with Crippen LogP contribution in [-0.2, 0) is 12.1 Å². The van der Waals surface area contributed by atoms with Crippen LogP contribution in [0.5, 0.6) is 0 Å². The van der Waals surface area contributed by atoms with Gasteiger partial charge in [0.05, 0.1) is 17.1 Å². The quantitative estimate of drug-likeness (QED) is 0.232. The van der Waals surface area contributed by atoms with Gasteiger partial charge in [-0.15, -0.1) is 11.3 Å². The van der Waals surface area contributed by atoms with E-state index in [1.54, 1.807) is 6.92 Å². The lowest BCUT2D eigenvalue weighted by atomic mass is 9.89. The van der Waals surface area contributed by atoms with E-state index in [4.69, 9.17) is 5.84 Å². The zero-order valence-electron chi connectivity index (χ0n) is 18.2. The lowest BCUT2D eigenvalue weighted by Gasteiger charge is -2.33. The van der Waals surface area contributed by atoms with Gasteiger partial charge in [-0.05, 0) is 25.0 Å². The Balaban J connectivity index is 2.09. The number of nitrogens with one attached hydrogen (secondary N) is 1. The lowest BCUT2D eigenvalue weighted by molar-refractivity contribution is -0.376. The summed E-state index contributed by atoms with van der Waals surface area (Å²) in [7, 11) is 0. The van der Waals surface area contributed by atoms with Crippen molar-refractivity contribution in [2.45, 2.75) is 56.7 Å². The van der Waals surface area contributed by atoms with Crippen LogP contribution in [0.2, 0.25) is 0 Å². The van der Waals surface area contributed by atoms with Gasteiger partial charge in [-0.25, -0.2) is 19.6 Å². The Morgan fingerprint density at radius 2 is 1.86 bits per heavy atom. The first-order chi connectivity index (χ1) is 15.9. The van der Waals surface area contributed by atoms with Gasteiger partial charge in [0.15, 0.2) is 5.01 Å². The highest BCUT2D eigenvalue weighted by molar-refractivity contribution is 7.17. The number of hydrogen-bond acceptors (Lipinski definition) is 6. The van der Waals surface area contributed by atoms with Crippen molar-refractivity contribution < 1.29 is 45.0 Å². The number of amides is 1. The van der Waals surface area contributed by atoms with E-state index in [2.05, 4.69) is 4.98 Å². The number of aliphatic hydroxyl groups is 1. The standard InChI is InChI=1S/C20H20F8N4O2S/c1-9-5-11(18(34,19(23,24)25)20(26,27)28)3-4-12(9)14-13(30-16(35-14)15(33)31-29)7-32-8-17(21,22)6-10(32)2/h3-5,10,34H,6-8,29H2,1-2H3,(H,31,33)/t10-/m0/s1. The maximum absolute atomic E-state index is 13.8. The van der Waals surface area contributed by atoms with E-state index in [-0.39, 0.29) is 33.3 Å². The number of nitrogens with two attached hydrogens (primary N) is 1. The van der Waals surface area contributed by atoms with Crippen LogP contribution in [0.4, 0.5) is 35.1 Å². The fourth-order valence-electron chi connectivity index (χ4n) is 3.94. The maximum Gasteiger partial charge on any atom is 0.430 e. The van der Waals surface area contributed by atoms with Gasteiger partial charge in [-0.2, -0.15) is 26.3 Å². The summed E-state index contributed by atoms with van der Waals surface area (Å²) in [5, 5.41) is 9.49. The molecule has 1 aliphatic rings. The zero-order chi connectivity index (χ0) is 26.6. The smallest absolute Gasteiger partial charge is 0.369 e. The Morgan fingerprint density at radius 3 is 2.31 bits per heavy atom. The van der Waals surface area contributed by atoms with E-state index >= 15 is 0 Å². The molecule has 1 atom stereocenters. The summed E-state index contributed by atoms with van der Waals surface area (Å²) in [5.74, 6) is 1.35. The summed E-state index contributed by atoms with van der Waals surface area (Å²) in [5.41, 5.74) is -4.56. The Morgan fingerprint density at radius 1 is 1.26 bits per heavy atom. The molecule has 0 aliphatic carbocycles. The largest absolute Gasteiger partial charge is 0.430 e. The first-order valence-electron chi connectivity index (χ1n) is 10.0. The number of aromatic nitrogens is 1. The number of likely N-dealkylation sites (tertiary alicyclic amines) is 1. The number of thiazole rings is 1. The van der Waals surface area contributed by atoms with Crippen LogP contribution in [0.25, 0.3) is 10.4 Å². The van der Waals surface area contributed by atoms with E-state index in [0.29, 0.717) is 12.1 Å². The number of carbonyl (C=O) groups is 1. The van der Waals surface area contributed by atoms with Gasteiger partial charge < -0.3 is 5.11 Å². The monoisotopic (exact) mass is 532 g/mol. The predicted octanol–water partition coefficient (Wildman–Crippen LogP) is 4.26. The van der Waals surface area contributed by atoms with Crippen LogP contribution in [0, 0.1) is 6.92 Å². The maximum atomic E-state index is 13.8. The Bertz CT molecular complexity index is 1100. The number of carbonyl (C=O) groups excluding carboxylic acids is 1. The number of hydrogen-bond donors (Lipinski definition) is 3. The average Bonchev–Trinajstić information content (AvgIpc) is 3.24. The molecular formula is C20H20F8N4O2S. The van der Waals surface area contributed by atoms with E-state index in [1.165, 1.54) is 11.8 Å². The van der Waals surface area contributed by atoms with Crippen molar-refractivity contribution in [2.75, 3.05) is 6.54 Å². The van der Waals surface area contributed by atoms with Crippen molar-refractivity contribution >= 4 is 17.2 Å². The van der Waals surface area contributed by atoms with Gasteiger partial charge in [0, 0.05) is 24.6 Å². The third kappa shape index (κ3) is 4.99. The normalized spacial score (nSPS) is 19.3. The van der Waals surface area contributed by atoms with Gasteiger partial charge in [0.1, 0.15) is 0 Å². The first-order valence-corrected chi connectivity index (χ1v) is 10.8. The summed E-state index contributed by atoms with van der Waals surface area (Å²) in [4.78, 5) is 17.7. The molecule has 3 rings (SSSR count). The highest BCUT2D eigenvalue weighted by Gasteiger charge is 2.71. The number of nitrogens with zero attached hydrogens (tertiary/aromatic N) is 2. The van der Waals surface area contributed by atoms with Crippen LogP contribution in [0.15, 0.2) is 18.2 Å². The molecule has 0 saturated carbocycles.